The van der Waals surface area contributed by atoms with Crippen LogP contribution in [0.2, 0.25) is 0 Å². The van der Waals surface area contributed by atoms with Gasteiger partial charge in [0.05, 0.1) is 5.25 Å². The number of hydrogen-bond donors (Lipinski definition) is 1. The number of nitrogens with two attached hydrogens (primary N) is 1. The second-order valence-electron chi connectivity index (χ2n) is 6.82. The Kier molecular flexibility index (Phi) is 4.58. The van der Waals surface area contributed by atoms with Crippen molar-refractivity contribution < 1.29 is 8.42 Å². The van der Waals surface area contributed by atoms with Gasteiger partial charge in [-0.15, -0.1) is 0 Å². The molecule has 4 nitrogen and oxygen atoms in total. The van der Waals surface area contributed by atoms with Crippen LogP contribution in [0.3, 0.4) is 0 Å². The number of rotatable bonds is 3. The second kappa shape index (κ2) is 5.70. The van der Waals surface area contributed by atoms with Crippen molar-refractivity contribution in [3.05, 3.63) is 0 Å². The molecule has 1 aliphatic heterocycles. The second-order valence-corrected chi connectivity index (χ2v) is 9.15. The molecule has 2 N–H and O–H groups in total. The molecule has 5 heteroatoms. The molecule has 1 aliphatic carbocycles. The van der Waals surface area contributed by atoms with Crippen molar-refractivity contribution in [1.82, 2.24) is 4.90 Å². The quantitative estimate of drug-likeness (QED) is 0.853. The molecule has 1 saturated carbocycles. The summed E-state index contributed by atoms with van der Waals surface area (Å²) in [6.45, 7) is 5.19. The molecule has 112 valence electrons. The van der Waals surface area contributed by atoms with E-state index in [1.165, 1.54) is 6.26 Å². The van der Waals surface area contributed by atoms with Gasteiger partial charge in [0.15, 0.2) is 0 Å². The molecule has 0 aromatic heterocycles. The molecule has 0 radical (unpaired) electrons. The maximum atomic E-state index is 11.7. The van der Waals surface area contributed by atoms with E-state index in [0.29, 0.717) is 11.5 Å². The number of hydrogen-bond acceptors (Lipinski definition) is 4. The third-order valence-corrected chi connectivity index (χ3v) is 6.86. The average Bonchev–Trinajstić information content (AvgIpc) is 2.39. The number of likely N-dealkylation sites (tertiary alicyclic amines) is 1. The fourth-order valence-corrected chi connectivity index (χ4v) is 4.64. The molecular weight excluding hydrogens is 260 g/mol. The van der Waals surface area contributed by atoms with Crippen LogP contribution in [0.25, 0.3) is 0 Å². The van der Waals surface area contributed by atoms with Crippen molar-refractivity contribution in [1.29, 1.82) is 0 Å². The highest BCUT2D eigenvalue weighted by Crippen LogP contribution is 2.34. The van der Waals surface area contributed by atoms with Crippen molar-refractivity contribution in [2.24, 2.45) is 11.1 Å². The van der Waals surface area contributed by atoms with Crippen molar-refractivity contribution in [2.75, 3.05) is 25.9 Å². The fraction of sp³-hybridized carbons (Fsp3) is 1.00. The molecule has 0 spiro atoms. The SMILES string of the molecule is CC1(CN)CCN(C2CCCC(S(C)(=O)=O)C2)CC1. The molecule has 2 rings (SSSR count). The lowest BCUT2D eigenvalue weighted by Gasteiger charge is -2.44. The Morgan fingerprint density at radius 2 is 1.89 bits per heavy atom. The van der Waals surface area contributed by atoms with Crippen LogP contribution < -0.4 is 5.73 Å². The summed E-state index contributed by atoms with van der Waals surface area (Å²) < 4.78 is 23.5. The van der Waals surface area contributed by atoms with Crippen LogP contribution in [-0.4, -0.2) is 50.5 Å². The maximum absolute atomic E-state index is 11.7. The van der Waals surface area contributed by atoms with Crippen LogP contribution in [0.4, 0.5) is 0 Å². The van der Waals surface area contributed by atoms with E-state index in [1.54, 1.807) is 0 Å². The van der Waals surface area contributed by atoms with Gasteiger partial charge in [0.1, 0.15) is 9.84 Å². The van der Waals surface area contributed by atoms with E-state index in [0.717, 1.165) is 58.2 Å². The van der Waals surface area contributed by atoms with Gasteiger partial charge in [-0.3, -0.25) is 0 Å². The molecule has 2 unspecified atom stereocenters. The smallest absolute Gasteiger partial charge is 0.150 e. The Morgan fingerprint density at radius 1 is 1.26 bits per heavy atom. The van der Waals surface area contributed by atoms with Gasteiger partial charge < -0.3 is 10.6 Å². The van der Waals surface area contributed by atoms with Crippen LogP contribution in [0.1, 0.15) is 45.4 Å². The van der Waals surface area contributed by atoms with E-state index >= 15 is 0 Å². The molecular formula is C14H28N2O2S. The summed E-state index contributed by atoms with van der Waals surface area (Å²) in [7, 11) is -2.87. The first-order valence-electron chi connectivity index (χ1n) is 7.47. The molecule has 19 heavy (non-hydrogen) atoms. The molecule has 2 fully saturated rings. The largest absolute Gasteiger partial charge is 0.330 e. The molecule has 2 atom stereocenters. The summed E-state index contributed by atoms with van der Waals surface area (Å²) in [5, 5.41) is -0.117. The minimum Gasteiger partial charge on any atom is -0.330 e. The van der Waals surface area contributed by atoms with Gasteiger partial charge in [0, 0.05) is 12.3 Å². The summed E-state index contributed by atoms with van der Waals surface area (Å²) in [6.07, 6.45) is 7.56. The minimum absolute atomic E-state index is 0.117. The van der Waals surface area contributed by atoms with E-state index < -0.39 is 9.84 Å². The zero-order chi connectivity index (χ0) is 14.1. The molecule has 0 amide bonds. The van der Waals surface area contributed by atoms with Gasteiger partial charge in [0.2, 0.25) is 0 Å². The summed E-state index contributed by atoms with van der Waals surface area (Å²) in [4.78, 5) is 2.51. The maximum Gasteiger partial charge on any atom is 0.150 e. The number of piperidine rings is 1. The Bertz CT molecular complexity index is 400. The summed E-state index contributed by atoms with van der Waals surface area (Å²) in [6, 6.07) is 0.468. The minimum atomic E-state index is -2.87. The highest BCUT2D eigenvalue weighted by Gasteiger charge is 2.35. The van der Waals surface area contributed by atoms with Gasteiger partial charge >= 0.3 is 0 Å². The topological polar surface area (TPSA) is 63.4 Å². The predicted molar refractivity (Wildman–Crippen MR) is 78.9 cm³/mol. The third kappa shape index (κ3) is 3.70. The lowest BCUT2D eigenvalue weighted by atomic mass is 9.79. The standard InChI is InChI=1S/C14H28N2O2S/c1-14(11-15)6-8-16(9-7-14)12-4-3-5-13(10-12)19(2,17)18/h12-13H,3-11,15H2,1-2H3. The Labute approximate surface area is 117 Å². The van der Waals surface area contributed by atoms with Crippen LogP contribution >= 0.6 is 0 Å². The van der Waals surface area contributed by atoms with Crippen LogP contribution in [0.5, 0.6) is 0 Å². The van der Waals surface area contributed by atoms with E-state index in [-0.39, 0.29) is 5.25 Å². The first-order valence-corrected chi connectivity index (χ1v) is 9.42. The molecule has 0 aromatic rings. The Hall–Kier alpha value is -0.130. The molecule has 2 aliphatic rings. The van der Waals surface area contributed by atoms with E-state index in [1.807, 2.05) is 0 Å². The fourth-order valence-electron chi connectivity index (χ4n) is 3.47. The van der Waals surface area contributed by atoms with Crippen molar-refractivity contribution >= 4 is 9.84 Å². The molecule has 0 aromatic carbocycles. The lowest BCUT2D eigenvalue weighted by molar-refractivity contribution is 0.0721. The third-order valence-electron chi connectivity index (χ3n) is 5.22. The van der Waals surface area contributed by atoms with Gasteiger partial charge in [-0.05, 0) is 57.2 Å². The highest BCUT2D eigenvalue weighted by atomic mass is 32.2. The zero-order valence-corrected chi connectivity index (χ0v) is 13.1. The average molecular weight is 288 g/mol. The predicted octanol–water partition coefficient (Wildman–Crippen LogP) is 1.40. The molecule has 1 heterocycles. The monoisotopic (exact) mass is 288 g/mol. The van der Waals surface area contributed by atoms with Gasteiger partial charge in [-0.1, -0.05) is 13.3 Å². The van der Waals surface area contributed by atoms with E-state index in [9.17, 15) is 8.42 Å². The number of sulfone groups is 1. The van der Waals surface area contributed by atoms with Crippen LogP contribution in [-0.2, 0) is 9.84 Å². The van der Waals surface area contributed by atoms with Crippen molar-refractivity contribution in [2.45, 2.75) is 56.7 Å². The van der Waals surface area contributed by atoms with E-state index in [4.69, 9.17) is 5.73 Å². The first kappa shape index (κ1) is 15.3. The first-order chi connectivity index (χ1) is 8.84. The molecule has 1 saturated heterocycles. The molecule has 0 bridgehead atoms. The van der Waals surface area contributed by atoms with Gasteiger partial charge in [-0.2, -0.15) is 0 Å². The highest BCUT2D eigenvalue weighted by molar-refractivity contribution is 7.91. The summed E-state index contributed by atoms with van der Waals surface area (Å²) in [5.41, 5.74) is 6.14. The summed E-state index contributed by atoms with van der Waals surface area (Å²) >= 11 is 0. The van der Waals surface area contributed by atoms with Gasteiger partial charge in [-0.25, -0.2) is 8.42 Å². The van der Waals surface area contributed by atoms with E-state index in [2.05, 4.69) is 11.8 Å². The Balaban J connectivity index is 1.93. The Morgan fingerprint density at radius 3 is 2.42 bits per heavy atom. The van der Waals surface area contributed by atoms with Crippen LogP contribution in [0.15, 0.2) is 0 Å². The number of nitrogens with zero attached hydrogens (tertiary/aromatic N) is 1. The van der Waals surface area contributed by atoms with Crippen molar-refractivity contribution in [3.8, 4) is 0 Å². The van der Waals surface area contributed by atoms with Crippen molar-refractivity contribution in [3.63, 3.8) is 0 Å². The van der Waals surface area contributed by atoms with Gasteiger partial charge in [0.25, 0.3) is 0 Å². The van der Waals surface area contributed by atoms with Crippen LogP contribution in [0, 0.1) is 5.41 Å². The zero-order valence-electron chi connectivity index (χ0n) is 12.3. The lowest BCUT2D eigenvalue weighted by Crippen LogP contribution is -2.49. The summed E-state index contributed by atoms with van der Waals surface area (Å²) in [5.74, 6) is 0. The normalized spacial score (nSPS) is 33.2.